The minimum atomic E-state index is -0.206. The van der Waals surface area contributed by atoms with Crippen LogP contribution in [-0.4, -0.2) is 22.7 Å². The summed E-state index contributed by atoms with van der Waals surface area (Å²) in [7, 11) is 0. The maximum Gasteiger partial charge on any atom is 0.280 e. The quantitative estimate of drug-likeness (QED) is 0.793. The normalized spacial score (nSPS) is 11.4. The van der Waals surface area contributed by atoms with E-state index in [-0.39, 0.29) is 11.4 Å². The third kappa shape index (κ3) is 3.31. The van der Waals surface area contributed by atoms with Gasteiger partial charge in [-0.1, -0.05) is 0 Å². The Balaban J connectivity index is 2.70. The topological polar surface area (TPSA) is 42.0 Å². The van der Waals surface area contributed by atoms with Crippen molar-refractivity contribution in [2.24, 2.45) is 0 Å². The van der Waals surface area contributed by atoms with Crippen molar-refractivity contribution in [1.82, 2.24) is 10.3 Å². The minimum Gasteiger partial charge on any atom is -0.345 e. The monoisotopic (exact) mass is 230 g/mol. The van der Waals surface area contributed by atoms with E-state index in [0.29, 0.717) is 5.01 Å². The molecule has 3 nitrogen and oxygen atoms in total. The second-order valence-corrected chi connectivity index (χ2v) is 6.03. The first-order valence-electron chi connectivity index (χ1n) is 4.25. The first kappa shape index (κ1) is 11.5. The van der Waals surface area contributed by atoms with E-state index in [1.807, 2.05) is 27.0 Å². The van der Waals surface area contributed by atoms with E-state index >= 15 is 0 Å². The van der Waals surface area contributed by atoms with Gasteiger partial charge in [-0.2, -0.15) is 0 Å². The summed E-state index contributed by atoms with van der Waals surface area (Å²) in [5, 5.41) is 3.40. The molecule has 1 amide bonds. The Labute approximate surface area is 92.3 Å². The summed E-state index contributed by atoms with van der Waals surface area (Å²) in [5.74, 6) is -0.0946. The van der Waals surface area contributed by atoms with E-state index in [9.17, 15) is 4.79 Å². The number of carbonyl (C=O) groups is 1. The van der Waals surface area contributed by atoms with Crippen LogP contribution >= 0.6 is 23.1 Å². The molecular formula is C9H14N2OS2. The van der Waals surface area contributed by atoms with Gasteiger partial charge < -0.3 is 5.32 Å². The Morgan fingerprint density at radius 2 is 2.21 bits per heavy atom. The molecule has 1 aromatic rings. The van der Waals surface area contributed by atoms with E-state index in [1.165, 1.54) is 11.3 Å². The average molecular weight is 230 g/mol. The van der Waals surface area contributed by atoms with Gasteiger partial charge in [0, 0.05) is 5.54 Å². The zero-order valence-corrected chi connectivity index (χ0v) is 10.4. The first-order valence-corrected chi connectivity index (χ1v) is 6.29. The standard InChI is InChI=1S/C9H14N2OS2/c1-9(2,3)11-7(12)8-10-5-6(13-4)14-8/h5H,1-4H3,(H,11,12). The zero-order chi connectivity index (χ0) is 10.8. The number of hydrogen-bond acceptors (Lipinski definition) is 4. The minimum absolute atomic E-state index is 0.0946. The van der Waals surface area contributed by atoms with Crippen LogP contribution in [0.1, 0.15) is 30.6 Å². The van der Waals surface area contributed by atoms with Gasteiger partial charge in [0.1, 0.15) is 0 Å². The molecule has 0 aliphatic rings. The molecule has 5 heteroatoms. The van der Waals surface area contributed by atoms with Crippen LogP contribution in [0.15, 0.2) is 10.4 Å². The highest BCUT2D eigenvalue weighted by Gasteiger charge is 2.17. The molecule has 0 aromatic carbocycles. The van der Waals surface area contributed by atoms with E-state index in [2.05, 4.69) is 10.3 Å². The molecule has 0 unspecified atom stereocenters. The van der Waals surface area contributed by atoms with E-state index in [4.69, 9.17) is 0 Å². The number of carbonyl (C=O) groups excluding carboxylic acids is 1. The van der Waals surface area contributed by atoms with Gasteiger partial charge in [-0.25, -0.2) is 4.98 Å². The van der Waals surface area contributed by atoms with Crippen LogP contribution in [0.3, 0.4) is 0 Å². The molecular weight excluding hydrogens is 216 g/mol. The Kier molecular flexibility index (Phi) is 3.55. The fourth-order valence-electron chi connectivity index (χ4n) is 0.853. The molecule has 0 atom stereocenters. The van der Waals surface area contributed by atoms with Gasteiger partial charge in [0.05, 0.1) is 10.4 Å². The summed E-state index contributed by atoms with van der Waals surface area (Å²) >= 11 is 3.02. The SMILES string of the molecule is CSc1cnc(C(=O)NC(C)(C)C)s1. The van der Waals surface area contributed by atoms with Crippen LogP contribution in [0.25, 0.3) is 0 Å². The third-order valence-corrected chi connectivity index (χ3v) is 3.42. The number of thiazole rings is 1. The van der Waals surface area contributed by atoms with E-state index in [0.717, 1.165) is 4.21 Å². The molecule has 0 fully saturated rings. The van der Waals surface area contributed by atoms with E-state index < -0.39 is 0 Å². The molecule has 78 valence electrons. The number of aromatic nitrogens is 1. The van der Waals surface area contributed by atoms with Gasteiger partial charge in [-0.3, -0.25) is 4.79 Å². The van der Waals surface area contributed by atoms with Crippen molar-refractivity contribution in [3.8, 4) is 0 Å². The van der Waals surface area contributed by atoms with Crippen LogP contribution in [-0.2, 0) is 0 Å². The molecule has 0 saturated carbocycles. The number of nitrogens with one attached hydrogen (secondary N) is 1. The van der Waals surface area contributed by atoms with Crippen LogP contribution in [0.4, 0.5) is 0 Å². The van der Waals surface area contributed by atoms with Crippen molar-refractivity contribution in [3.05, 3.63) is 11.2 Å². The van der Waals surface area contributed by atoms with Gasteiger partial charge >= 0.3 is 0 Å². The lowest BCUT2D eigenvalue weighted by Crippen LogP contribution is -2.40. The van der Waals surface area contributed by atoms with Crippen LogP contribution in [0.5, 0.6) is 0 Å². The van der Waals surface area contributed by atoms with Crippen molar-refractivity contribution in [2.75, 3.05) is 6.26 Å². The van der Waals surface area contributed by atoms with Gasteiger partial charge in [-0.05, 0) is 27.0 Å². The summed E-state index contributed by atoms with van der Waals surface area (Å²) in [5.41, 5.74) is -0.206. The van der Waals surface area contributed by atoms with Crippen molar-refractivity contribution in [3.63, 3.8) is 0 Å². The summed E-state index contributed by atoms with van der Waals surface area (Å²) in [6.45, 7) is 5.86. The number of rotatable bonds is 2. The molecule has 0 aliphatic carbocycles. The number of nitrogens with zero attached hydrogens (tertiary/aromatic N) is 1. The first-order chi connectivity index (χ1) is 6.42. The smallest absolute Gasteiger partial charge is 0.280 e. The van der Waals surface area contributed by atoms with Crippen molar-refractivity contribution in [1.29, 1.82) is 0 Å². The Hall–Kier alpha value is -0.550. The fraction of sp³-hybridized carbons (Fsp3) is 0.556. The molecule has 0 radical (unpaired) electrons. The molecule has 0 bridgehead atoms. The third-order valence-electron chi connectivity index (χ3n) is 1.37. The van der Waals surface area contributed by atoms with E-state index in [1.54, 1.807) is 18.0 Å². The zero-order valence-electron chi connectivity index (χ0n) is 8.75. The summed E-state index contributed by atoms with van der Waals surface area (Å²) in [6, 6.07) is 0. The lowest BCUT2D eigenvalue weighted by Gasteiger charge is -2.19. The second kappa shape index (κ2) is 4.31. The predicted octanol–water partition coefficient (Wildman–Crippen LogP) is 2.39. The summed E-state index contributed by atoms with van der Waals surface area (Å²) in [4.78, 5) is 15.7. The molecule has 1 N–H and O–H groups in total. The lowest BCUT2D eigenvalue weighted by molar-refractivity contribution is 0.0919. The molecule has 0 spiro atoms. The summed E-state index contributed by atoms with van der Waals surface area (Å²) in [6.07, 6.45) is 3.70. The van der Waals surface area contributed by atoms with Gasteiger partial charge in [-0.15, -0.1) is 23.1 Å². The largest absolute Gasteiger partial charge is 0.345 e. The van der Waals surface area contributed by atoms with Crippen LogP contribution < -0.4 is 5.32 Å². The van der Waals surface area contributed by atoms with Crippen molar-refractivity contribution in [2.45, 2.75) is 30.5 Å². The van der Waals surface area contributed by atoms with Crippen LogP contribution in [0.2, 0.25) is 0 Å². The average Bonchev–Trinajstić information content (AvgIpc) is 2.48. The van der Waals surface area contributed by atoms with Crippen LogP contribution in [0, 0.1) is 0 Å². The van der Waals surface area contributed by atoms with Crippen molar-refractivity contribution >= 4 is 29.0 Å². The Morgan fingerprint density at radius 1 is 1.57 bits per heavy atom. The Morgan fingerprint density at radius 3 is 2.64 bits per heavy atom. The lowest BCUT2D eigenvalue weighted by atomic mass is 10.1. The summed E-state index contributed by atoms with van der Waals surface area (Å²) < 4.78 is 1.06. The fourth-order valence-corrected chi connectivity index (χ4v) is 2.13. The Bertz CT molecular complexity index is 328. The maximum atomic E-state index is 11.6. The van der Waals surface area contributed by atoms with Crippen molar-refractivity contribution < 1.29 is 4.79 Å². The molecule has 0 aliphatic heterocycles. The molecule has 1 rings (SSSR count). The molecule has 0 saturated heterocycles. The van der Waals surface area contributed by atoms with Gasteiger partial charge in [0.15, 0.2) is 5.01 Å². The molecule has 1 heterocycles. The second-order valence-electron chi connectivity index (χ2n) is 3.89. The highest BCUT2D eigenvalue weighted by Crippen LogP contribution is 2.22. The molecule has 14 heavy (non-hydrogen) atoms. The maximum absolute atomic E-state index is 11.6. The highest BCUT2D eigenvalue weighted by molar-refractivity contribution is 8.00. The van der Waals surface area contributed by atoms with Gasteiger partial charge in [0.2, 0.25) is 0 Å². The molecule has 1 aromatic heterocycles. The predicted molar refractivity (Wildman–Crippen MR) is 61.1 cm³/mol. The highest BCUT2D eigenvalue weighted by atomic mass is 32.2. The van der Waals surface area contributed by atoms with Gasteiger partial charge in [0.25, 0.3) is 5.91 Å². The number of hydrogen-bond donors (Lipinski definition) is 1. The number of thioether (sulfide) groups is 1. The number of amides is 1.